The van der Waals surface area contributed by atoms with Crippen molar-refractivity contribution in [2.24, 2.45) is 5.92 Å². The van der Waals surface area contributed by atoms with Crippen LogP contribution in [0.1, 0.15) is 25.8 Å². The molecule has 4 nitrogen and oxygen atoms in total. The predicted molar refractivity (Wildman–Crippen MR) is 90.1 cm³/mol. The van der Waals surface area contributed by atoms with Gasteiger partial charge in [0.15, 0.2) is 0 Å². The van der Waals surface area contributed by atoms with Crippen molar-refractivity contribution in [2.75, 3.05) is 13.2 Å². The Balaban J connectivity index is 2.17. The number of ether oxygens (including phenoxy) is 1. The Morgan fingerprint density at radius 1 is 1.32 bits per heavy atom. The Kier molecular flexibility index (Phi) is 6.14. The third-order valence-electron chi connectivity index (χ3n) is 3.68. The molecule has 124 valence electrons. The normalized spacial score (nSPS) is 23.0. The van der Waals surface area contributed by atoms with Gasteiger partial charge in [0.2, 0.25) is 10.0 Å². The molecule has 22 heavy (non-hydrogen) atoms. The maximum absolute atomic E-state index is 12.5. The molecule has 1 heterocycles. The van der Waals surface area contributed by atoms with Gasteiger partial charge in [0.1, 0.15) is 0 Å². The molecule has 1 aliphatic rings. The summed E-state index contributed by atoms with van der Waals surface area (Å²) in [5.41, 5.74) is 0.967. The highest BCUT2D eigenvalue weighted by atomic mass is 35.5. The molecule has 0 saturated carbocycles. The summed E-state index contributed by atoms with van der Waals surface area (Å²) in [6.45, 7) is 4.56. The molecule has 7 heteroatoms. The molecule has 0 aromatic heterocycles. The number of hydrogen-bond acceptors (Lipinski definition) is 3. The smallest absolute Gasteiger partial charge is 0.215 e. The van der Waals surface area contributed by atoms with Crippen molar-refractivity contribution in [3.05, 3.63) is 33.8 Å². The van der Waals surface area contributed by atoms with Crippen LogP contribution in [0.25, 0.3) is 0 Å². The van der Waals surface area contributed by atoms with Crippen LogP contribution >= 0.6 is 23.2 Å². The molecule has 1 fully saturated rings. The lowest BCUT2D eigenvalue weighted by Gasteiger charge is -2.32. The summed E-state index contributed by atoms with van der Waals surface area (Å²) in [6.07, 6.45) is 1.11. The monoisotopic (exact) mass is 365 g/mol. The molecule has 0 unspecified atom stereocenters. The van der Waals surface area contributed by atoms with Crippen molar-refractivity contribution in [2.45, 2.75) is 38.0 Å². The molecule has 1 aromatic carbocycles. The van der Waals surface area contributed by atoms with Gasteiger partial charge in [0.05, 0.1) is 21.9 Å². The van der Waals surface area contributed by atoms with E-state index < -0.39 is 15.3 Å². The summed E-state index contributed by atoms with van der Waals surface area (Å²) in [4.78, 5) is 0. The molecule has 0 spiro atoms. The number of sulfonamides is 1. The summed E-state index contributed by atoms with van der Waals surface area (Å²) in [6, 6.07) is 5.29. The van der Waals surface area contributed by atoms with E-state index in [2.05, 4.69) is 4.72 Å². The molecule has 0 aliphatic carbocycles. The zero-order chi connectivity index (χ0) is 16.3. The minimum atomic E-state index is -3.36. The second-order valence-electron chi connectivity index (χ2n) is 5.93. The van der Waals surface area contributed by atoms with E-state index >= 15 is 0 Å². The molecule has 2 atom stereocenters. The second kappa shape index (κ2) is 7.49. The first-order valence-electron chi connectivity index (χ1n) is 7.32. The maximum Gasteiger partial charge on any atom is 0.215 e. The summed E-state index contributed by atoms with van der Waals surface area (Å²) in [5, 5.41) is 0.532. The van der Waals surface area contributed by atoms with Crippen LogP contribution in [-0.2, 0) is 21.2 Å². The molecular weight excluding hydrogens is 345 g/mol. The van der Waals surface area contributed by atoms with E-state index in [1.165, 1.54) is 0 Å². The molecule has 1 saturated heterocycles. The molecule has 1 aliphatic heterocycles. The minimum Gasteiger partial charge on any atom is -0.381 e. The van der Waals surface area contributed by atoms with E-state index in [4.69, 9.17) is 27.9 Å². The van der Waals surface area contributed by atoms with Gasteiger partial charge in [0.25, 0.3) is 0 Å². The molecule has 0 amide bonds. The van der Waals surface area contributed by atoms with Crippen LogP contribution < -0.4 is 4.72 Å². The van der Waals surface area contributed by atoms with Crippen molar-refractivity contribution >= 4 is 33.2 Å². The van der Waals surface area contributed by atoms with E-state index in [0.717, 1.165) is 5.56 Å². The highest BCUT2D eigenvalue weighted by molar-refractivity contribution is 7.90. The molecule has 2 rings (SSSR count). The second-order valence-corrected chi connectivity index (χ2v) is 8.68. The number of halogens is 2. The summed E-state index contributed by atoms with van der Waals surface area (Å²) in [5.74, 6) is -0.0951. The van der Waals surface area contributed by atoms with Crippen LogP contribution in [0, 0.1) is 5.92 Å². The number of rotatable bonds is 5. The molecule has 0 bridgehead atoms. The first-order valence-corrected chi connectivity index (χ1v) is 9.62. The van der Waals surface area contributed by atoms with Gasteiger partial charge in [0, 0.05) is 18.6 Å². The Bertz CT molecular complexity index is 619. The van der Waals surface area contributed by atoms with Gasteiger partial charge >= 0.3 is 0 Å². The molecule has 0 radical (unpaired) electrons. The topological polar surface area (TPSA) is 55.4 Å². The van der Waals surface area contributed by atoms with E-state index in [1.54, 1.807) is 12.1 Å². The lowest BCUT2D eigenvalue weighted by Crippen LogP contribution is -2.46. The van der Waals surface area contributed by atoms with Gasteiger partial charge in [-0.3, -0.25) is 0 Å². The van der Waals surface area contributed by atoms with Crippen LogP contribution in [0.2, 0.25) is 10.0 Å². The number of nitrogens with one attached hydrogen (secondary N) is 1. The summed E-state index contributed by atoms with van der Waals surface area (Å²) >= 11 is 12.0. The molecule has 1 N–H and O–H groups in total. The van der Waals surface area contributed by atoms with Crippen LogP contribution in [-0.4, -0.2) is 32.9 Å². The van der Waals surface area contributed by atoms with Crippen molar-refractivity contribution in [1.29, 1.82) is 0 Å². The fraction of sp³-hybridized carbons (Fsp3) is 0.600. The van der Waals surface area contributed by atoms with E-state index in [-0.39, 0.29) is 12.0 Å². The Morgan fingerprint density at radius 2 is 2.05 bits per heavy atom. The Hall–Kier alpha value is -0.330. The summed E-state index contributed by atoms with van der Waals surface area (Å²) < 4.78 is 33.2. The average Bonchev–Trinajstić information content (AvgIpc) is 2.42. The highest BCUT2D eigenvalue weighted by Crippen LogP contribution is 2.28. The fourth-order valence-corrected chi connectivity index (χ4v) is 5.00. The van der Waals surface area contributed by atoms with Crippen molar-refractivity contribution in [1.82, 2.24) is 4.72 Å². The lowest BCUT2D eigenvalue weighted by atomic mass is 9.93. The third-order valence-corrected chi connectivity index (χ3v) is 6.64. The van der Waals surface area contributed by atoms with E-state index in [1.807, 2.05) is 19.9 Å². The minimum absolute atomic E-state index is 0.0951. The Labute approximate surface area is 142 Å². The molecule has 1 aromatic rings. The first-order chi connectivity index (χ1) is 10.3. The Morgan fingerprint density at radius 3 is 2.68 bits per heavy atom. The van der Waals surface area contributed by atoms with Crippen LogP contribution in [0.4, 0.5) is 0 Å². The van der Waals surface area contributed by atoms with Crippen LogP contribution in [0.3, 0.4) is 0 Å². The van der Waals surface area contributed by atoms with Crippen LogP contribution in [0.15, 0.2) is 18.2 Å². The predicted octanol–water partition coefficient (Wildman–Crippen LogP) is 3.27. The van der Waals surface area contributed by atoms with Gasteiger partial charge in [-0.1, -0.05) is 29.3 Å². The van der Waals surface area contributed by atoms with Gasteiger partial charge in [-0.15, -0.1) is 0 Å². The SMILES string of the molecule is CC(C)NS(=O)(=O)[C@@H]1CCOC[C@@H]1Cc1ccc(Cl)c(Cl)c1. The first kappa shape index (κ1) is 18.0. The van der Waals surface area contributed by atoms with E-state index in [9.17, 15) is 8.42 Å². The van der Waals surface area contributed by atoms with Gasteiger partial charge in [-0.25, -0.2) is 13.1 Å². The standard InChI is InChI=1S/C15H21Cl2NO3S/c1-10(2)18-22(19,20)15-5-6-21-9-12(15)7-11-3-4-13(16)14(17)8-11/h3-4,8,10,12,15,18H,5-7,9H2,1-2H3/t12-,15+/m0/s1. The number of hydrogen-bond donors (Lipinski definition) is 1. The summed E-state index contributed by atoms with van der Waals surface area (Å²) in [7, 11) is -3.36. The number of benzene rings is 1. The van der Waals surface area contributed by atoms with E-state index in [0.29, 0.717) is 36.1 Å². The fourth-order valence-electron chi connectivity index (χ4n) is 2.76. The quantitative estimate of drug-likeness (QED) is 0.870. The van der Waals surface area contributed by atoms with Crippen molar-refractivity contribution < 1.29 is 13.2 Å². The van der Waals surface area contributed by atoms with Crippen molar-refractivity contribution in [3.8, 4) is 0 Å². The highest BCUT2D eigenvalue weighted by Gasteiger charge is 2.36. The van der Waals surface area contributed by atoms with Gasteiger partial charge < -0.3 is 4.74 Å². The maximum atomic E-state index is 12.5. The van der Waals surface area contributed by atoms with Gasteiger partial charge in [-0.05, 0) is 44.4 Å². The van der Waals surface area contributed by atoms with Crippen LogP contribution in [0.5, 0.6) is 0 Å². The largest absolute Gasteiger partial charge is 0.381 e. The van der Waals surface area contributed by atoms with Crippen molar-refractivity contribution in [3.63, 3.8) is 0 Å². The third kappa shape index (κ3) is 4.59. The molecular formula is C15H21Cl2NO3S. The zero-order valence-corrected chi connectivity index (χ0v) is 15.0. The zero-order valence-electron chi connectivity index (χ0n) is 12.7. The van der Waals surface area contributed by atoms with Gasteiger partial charge in [-0.2, -0.15) is 0 Å². The lowest BCUT2D eigenvalue weighted by molar-refractivity contribution is 0.0569. The average molecular weight is 366 g/mol.